The van der Waals surface area contributed by atoms with Crippen LogP contribution in [-0.4, -0.2) is 17.0 Å². The molecule has 0 aliphatic carbocycles. The highest BCUT2D eigenvalue weighted by molar-refractivity contribution is 14.1. The summed E-state index contributed by atoms with van der Waals surface area (Å²) in [7, 11) is 0. The molecule has 0 radical (unpaired) electrons. The van der Waals surface area contributed by atoms with E-state index in [1.54, 1.807) is 6.08 Å². The van der Waals surface area contributed by atoms with Crippen molar-refractivity contribution in [2.75, 3.05) is 11.0 Å². The summed E-state index contributed by atoms with van der Waals surface area (Å²) in [6.07, 6.45) is 7.00. The summed E-state index contributed by atoms with van der Waals surface area (Å²) in [4.78, 5) is 11.0. The van der Waals surface area contributed by atoms with Gasteiger partial charge in [0.25, 0.3) is 0 Å². The summed E-state index contributed by atoms with van der Waals surface area (Å²) < 4.78 is 6.00. The molecule has 1 unspecified atom stereocenters. The monoisotopic (exact) mass is 310 g/mol. The molecule has 14 heavy (non-hydrogen) atoms. The number of esters is 1. The van der Waals surface area contributed by atoms with E-state index in [-0.39, 0.29) is 5.97 Å². The van der Waals surface area contributed by atoms with Crippen molar-refractivity contribution in [3.05, 3.63) is 12.2 Å². The van der Waals surface area contributed by atoms with E-state index in [2.05, 4.69) is 29.5 Å². The first kappa shape index (κ1) is 13.9. The first-order chi connectivity index (χ1) is 6.74. The van der Waals surface area contributed by atoms with E-state index in [0.29, 0.717) is 12.5 Å². The van der Waals surface area contributed by atoms with Crippen LogP contribution in [0.4, 0.5) is 0 Å². The fourth-order valence-electron chi connectivity index (χ4n) is 1.18. The summed E-state index contributed by atoms with van der Waals surface area (Å²) in [5, 5.41) is 0. The number of rotatable bonds is 7. The van der Waals surface area contributed by atoms with Gasteiger partial charge >= 0.3 is 5.97 Å². The van der Waals surface area contributed by atoms with Gasteiger partial charge in [-0.3, -0.25) is 0 Å². The number of alkyl halides is 1. The topological polar surface area (TPSA) is 26.3 Å². The van der Waals surface area contributed by atoms with Gasteiger partial charge in [0.05, 0.1) is 6.61 Å². The molecule has 3 heteroatoms. The minimum Gasteiger partial charge on any atom is -0.463 e. The fraction of sp³-hybridized carbons (Fsp3) is 0.727. The quantitative estimate of drug-likeness (QED) is 0.312. The molecule has 0 aliphatic rings. The molecule has 0 aromatic carbocycles. The second-order valence-corrected chi connectivity index (χ2v) is 4.19. The van der Waals surface area contributed by atoms with E-state index in [9.17, 15) is 4.79 Å². The van der Waals surface area contributed by atoms with Crippen LogP contribution < -0.4 is 0 Å². The van der Waals surface area contributed by atoms with E-state index < -0.39 is 0 Å². The predicted octanol–water partition coefficient (Wildman–Crippen LogP) is 3.35. The molecule has 0 N–H and O–H groups in total. The van der Waals surface area contributed by atoms with Gasteiger partial charge in [-0.15, -0.1) is 0 Å². The SMILES string of the molecule is CCOC(=O)/C=C/C(CC)CCCI. The van der Waals surface area contributed by atoms with Gasteiger partial charge in [-0.05, 0) is 36.5 Å². The van der Waals surface area contributed by atoms with Gasteiger partial charge in [0.15, 0.2) is 0 Å². The molecule has 0 bridgehead atoms. The highest BCUT2D eigenvalue weighted by atomic mass is 127. The van der Waals surface area contributed by atoms with Crippen LogP contribution in [0.15, 0.2) is 12.2 Å². The van der Waals surface area contributed by atoms with Gasteiger partial charge in [0.2, 0.25) is 0 Å². The summed E-state index contributed by atoms with van der Waals surface area (Å²) in [6, 6.07) is 0. The Balaban J connectivity index is 3.84. The van der Waals surface area contributed by atoms with Crippen molar-refractivity contribution < 1.29 is 9.53 Å². The Labute approximate surface area is 100 Å². The number of allylic oxidation sites excluding steroid dienone is 1. The molecule has 82 valence electrons. The molecule has 0 spiro atoms. The Morgan fingerprint density at radius 3 is 2.71 bits per heavy atom. The Morgan fingerprint density at radius 2 is 2.21 bits per heavy atom. The summed E-state index contributed by atoms with van der Waals surface area (Å²) in [6.45, 7) is 4.42. The lowest BCUT2D eigenvalue weighted by atomic mass is 10.0. The number of ether oxygens (including phenoxy) is 1. The molecule has 0 aromatic heterocycles. The van der Waals surface area contributed by atoms with Gasteiger partial charge in [0.1, 0.15) is 0 Å². The van der Waals surface area contributed by atoms with Crippen molar-refractivity contribution in [2.45, 2.75) is 33.1 Å². The van der Waals surface area contributed by atoms with Crippen LogP contribution in [0, 0.1) is 5.92 Å². The maximum atomic E-state index is 11.0. The lowest BCUT2D eigenvalue weighted by Crippen LogP contribution is -2.01. The second kappa shape index (κ2) is 9.49. The Bertz CT molecular complexity index is 178. The molecule has 0 rings (SSSR count). The van der Waals surface area contributed by atoms with Crippen molar-refractivity contribution in [2.24, 2.45) is 5.92 Å². The maximum Gasteiger partial charge on any atom is 0.330 e. The zero-order valence-electron chi connectivity index (χ0n) is 8.96. The number of halogens is 1. The first-order valence-corrected chi connectivity index (χ1v) is 6.68. The van der Waals surface area contributed by atoms with E-state index in [1.165, 1.54) is 10.8 Å². The second-order valence-electron chi connectivity index (χ2n) is 3.11. The smallest absolute Gasteiger partial charge is 0.330 e. The normalized spacial score (nSPS) is 13.1. The maximum absolute atomic E-state index is 11.0. The van der Waals surface area contributed by atoms with Crippen LogP contribution in [0.25, 0.3) is 0 Å². The third-order valence-corrected chi connectivity index (χ3v) is 2.79. The standard InChI is InChI=1S/C11H19IO2/c1-3-10(6-5-9-12)7-8-11(13)14-4-2/h7-8,10H,3-6,9H2,1-2H3/b8-7+. The molecule has 0 aliphatic heterocycles. The summed E-state index contributed by atoms with van der Waals surface area (Å²) >= 11 is 2.38. The molecule has 2 nitrogen and oxygen atoms in total. The van der Waals surface area contributed by atoms with Crippen LogP contribution in [0.2, 0.25) is 0 Å². The minimum absolute atomic E-state index is 0.222. The largest absolute Gasteiger partial charge is 0.463 e. The van der Waals surface area contributed by atoms with Crippen molar-refractivity contribution >= 4 is 28.6 Å². The van der Waals surface area contributed by atoms with Crippen LogP contribution in [-0.2, 0) is 9.53 Å². The van der Waals surface area contributed by atoms with Crippen LogP contribution in [0.3, 0.4) is 0 Å². The molecular weight excluding hydrogens is 291 g/mol. The Morgan fingerprint density at radius 1 is 1.50 bits per heavy atom. The zero-order valence-corrected chi connectivity index (χ0v) is 11.1. The fourth-order valence-corrected chi connectivity index (χ4v) is 1.62. The Hall–Kier alpha value is -0.0600. The molecule has 0 saturated heterocycles. The lowest BCUT2D eigenvalue weighted by Gasteiger charge is -2.07. The van der Waals surface area contributed by atoms with Crippen molar-refractivity contribution in [3.8, 4) is 0 Å². The highest BCUT2D eigenvalue weighted by Gasteiger charge is 2.02. The first-order valence-electron chi connectivity index (χ1n) is 5.15. The van der Waals surface area contributed by atoms with Gasteiger partial charge in [-0.2, -0.15) is 0 Å². The van der Waals surface area contributed by atoms with E-state index in [4.69, 9.17) is 4.74 Å². The van der Waals surface area contributed by atoms with Gasteiger partial charge in [-0.1, -0.05) is 35.6 Å². The molecule has 0 saturated carbocycles. The predicted molar refractivity (Wildman–Crippen MR) is 67.7 cm³/mol. The molecule has 0 heterocycles. The summed E-state index contributed by atoms with van der Waals surface area (Å²) in [5.41, 5.74) is 0. The van der Waals surface area contributed by atoms with Gasteiger partial charge in [0, 0.05) is 6.08 Å². The van der Waals surface area contributed by atoms with E-state index in [0.717, 1.165) is 12.8 Å². The Kier molecular flexibility index (Phi) is 9.45. The van der Waals surface area contributed by atoms with E-state index >= 15 is 0 Å². The van der Waals surface area contributed by atoms with Crippen LogP contribution in [0.1, 0.15) is 33.1 Å². The summed E-state index contributed by atoms with van der Waals surface area (Å²) in [5.74, 6) is 0.301. The molecule has 0 aromatic rings. The highest BCUT2D eigenvalue weighted by Crippen LogP contribution is 2.13. The molecule has 0 fully saturated rings. The van der Waals surface area contributed by atoms with Crippen LogP contribution >= 0.6 is 22.6 Å². The van der Waals surface area contributed by atoms with Gasteiger partial charge in [-0.25, -0.2) is 4.79 Å². The molecule has 1 atom stereocenters. The number of hydrogen-bond acceptors (Lipinski definition) is 2. The van der Waals surface area contributed by atoms with Crippen molar-refractivity contribution in [1.82, 2.24) is 0 Å². The van der Waals surface area contributed by atoms with E-state index in [1.807, 2.05) is 13.0 Å². The number of hydrogen-bond donors (Lipinski definition) is 0. The zero-order chi connectivity index (χ0) is 10.8. The van der Waals surface area contributed by atoms with Crippen molar-refractivity contribution in [3.63, 3.8) is 0 Å². The molecule has 0 amide bonds. The number of carbonyl (C=O) groups is 1. The van der Waals surface area contributed by atoms with Crippen molar-refractivity contribution in [1.29, 1.82) is 0 Å². The number of carbonyl (C=O) groups excluding carboxylic acids is 1. The average molecular weight is 310 g/mol. The molecular formula is C11H19IO2. The third kappa shape index (κ3) is 7.35. The van der Waals surface area contributed by atoms with Crippen LogP contribution in [0.5, 0.6) is 0 Å². The van der Waals surface area contributed by atoms with Gasteiger partial charge < -0.3 is 4.74 Å². The third-order valence-electron chi connectivity index (χ3n) is 2.02. The lowest BCUT2D eigenvalue weighted by molar-refractivity contribution is -0.137. The average Bonchev–Trinajstić information content (AvgIpc) is 2.19. The minimum atomic E-state index is -0.222.